The van der Waals surface area contributed by atoms with Crippen molar-refractivity contribution in [2.75, 3.05) is 7.11 Å². The van der Waals surface area contributed by atoms with Crippen molar-refractivity contribution in [1.82, 2.24) is 0 Å². The molecule has 74 valence electrons. The maximum atomic E-state index is 7.00. The van der Waals surface area contributed by atoms with Crippen LogP contribution in [0.5, 0.6) is 0 Å². The Morgan fingerprint density at radius 3 is 0.700 bits per heavy atom. The Bertz CT molecular complexity index is 21.4. The molecule has 13 N–H and O–H groups in total. The van der Waals surface area contributed by atoms with Gasteiger partial charge in [-0.3, -0.25) is 0 Å². The fourth-order valence-electron chi connectivity index (χ4n) is 0. The number of halogens is 1. The predicted octanol–water partition coefficient (Wildman–Crippen LogP) is -5.07. The third-order valence-corrected chi connectivity index (χ3v) is 0. The number of hydrogen-bond donors (Lipinski definition) is 1. The normalized spacial score (nSPS) is 0.600. The molecule has 0 amide bonds. The summed E-state index contributed by atoms with van der Waals surface area (Å²) in [4.78, 5) is 0. The molecular weight excluding hydrogens is 184 g/mol. The van der Waals surface area contributed by atoms with Crippen molar-refractivity contribution in [2.45, 2.75) is 0 Å². The van der Waals surface area contributed by atoms with Crippen LogP contribution in [0.15, 0.2) is 0 Å². The Morgan fingerprint density at radius 2 is 0.700 bits per heavy atom. The summed E-state index contributed by atoms with van der Waals surface area (Å²) in [5, 5.41) is 7.00. The first-order valence-electron chi connectivity index (χ1n) is 0.447. The van der Waals surface area contributed by atoms with Crippen LogP contribution in [0.1, 0.15) is 2.85 Å². The van der Waals surface area contributed by atoms with E-state index in [0.717, 1.165) is 7.11 Å². The van der Waals surface area contributed by atoms with Crippen molar-refractivity contribution in [3.63, 3.8) is 0 Å². The second-order valence-corrected chi connectivity index (χ2v) is 0. The van der Waals surface area contributed by atoms with E-state index in [-0.39, 0.29) is 71.2 Å². The molecule has 0 bridgehead atoms. The van der Waals surface area contributed by atoms with Crippen LogP contribution in [0.4, 0.5) is 0 Å². The summed E-state index contributed by atoms with van der Waals surface area (Å²) >= 11 is 0. The van der Waals surface area contributed by atoms with Crippen LogP contribution >= 0.6 is 12.4 Å². The number of hydrogen-bond acceptors (Lipinski definition) is 1. The molecule has 10 heavy (non-hydrogen) atoms. The van der Waals surface area contributed by atoms with Gasteiger partial charge in [-0.2, -0.15) is 0 Å². The van der Waals surface area contributed by atoms with E-state index in [4.69, 9.17) is 5.11 Å². The monoisotopic (exact) mass is 202 g/mol. The average Bonchev–Trinajstić information content (AvgIpc) is 1.00. The van der Waals surface area contributed by atoms with Gasteiger partial charge in [0.25, 0.3) is 0 Å². The van der Waals surface area contributed by atoms with E-state index in [1.165, 1.54) is 0 Å². The van der Waals surface area contributed by atoms with Crippen molar-refractivity contribution in [2.24, 2.45) is 0 Å². The Balaban J connectivity index is -0.000000000111. The van der Waals surface area contributed by atoms with Crippen LogP contribution in [-0.2, 0) is 0 Å². The van der Waals surface area contributed by atoms with Crippen LogP contribution in [0.25, 0.3) is 0 Å². The molecule has 7 nitrogen and oxygen atoms in total. The Hall–Kier alpha value is 0.776. The number of aliphatic hydroxyl groups excluding tert-OH is 1. The number of rotatable bonds is 0. The molecule has 0 aliphatic heterocycles. The third kappa shape index (κ3) is 881. The van der Waals surface area contributed by atoms with E-state index < -0.39 is 0 Å². The zero-order valence-corrected chi connectivity index (χ0v) is 7.79. The van der Waals surface area contributed by atoms with Crippen molar-refractivity contribution < 1.29 is 40.8 Å². The van der Waals surface area contributed by atoms with Gasteiger partial charge in [0, 0.05) is 7.11 Å². The number of aliphatic hydroxyl groups is 1. The minimum Gasteiger partial charge on any atom is -1.00 e. The largest absolute Gasteiger partial charge is 2.00 e. The summed E-state index contributed by atoms with van der Waals surface area (Å²) in [5.41, 5.74) is 0. The van der Waals surface area contributed by atoms with Gasteiger partial charge in [0.05, 0.1) is 0 Å². The van der Waals surface area contributed by atoms with Crippen LogP contribution < -0.4 is 0 Å². The molecule has 0 radical (unpaired) electrons. The fourth-order valence-corrected chi connectivity index (χ4v) is 0. The van der Waals surface area contributed by atoms with E-state index >= 15 is 0 Å². The molecule has 0 saturated carbocycles. The molecule has 0 fully saturated rings. The van der Waals surface area contributed by atoms with E-state index in [0.29, 0.717) is 0 Å². The van der Waals surface area contributed by atoms with E-state index in [1.54, 1.807) is 0 Å². The summed E-state index contributed by atoms with van der Waals surface area (Å²) < 4.78 is 0. The minimum absolute atomic E-state index is 0. The molecule has 0 aromatic rings. The SMILES string of the molecule is CO.Cl.O.O.O.O.O.O.[H-].[H-].[Mg+2]. The van der Waals surface area contributed by atoms with Crippen molar-refractivity contribution >= 4 is 35.5 Å². The summed E-state index contributed by atoms with van der Waals surface area (Å²) in [7, 11) is 1.00. The van der Waals surface area contributed by atoms with Gasteiger partial charge >= 0.3 is 23.1 Å². The van der Waals surface area contributed by atoms with Crippen LogP contribution in [0.3, 0.4) is 0 Å². The van der Waals surface area contributed by atoms with E-state index in [1.807, 2.05) is 0 Å². The molecule has 0 spiro atoms. The molecule has 0 aromatic carbocycles. The van der Waals surface area contributed by atoms with Crippen LogP contribution in [0.2, 0.25) is 0 Å². The molecule has 0 aliphatic rings. The zero-order valence-electron chi connectivity index (χ0n) is 7.56. The maximum absolute atomic E-state index is 7.00. The minimum atomic E-state index is 0. The second kappa shape index (κ2) is 1250. The topological polar surface area (TPSA) is 209 Å². The first-order valence-corrected chi connectivity index (χ1v) is 0.447. The van der Waals surface area contributed by atoms with Crippen LogP contribution in [0, 0.1) is 0 Å². The van der Waals surface area contributed by atoms with Gasteiger partial charge in [-0.25, -0.2) is 0 Å². The summed E-state index contributed by atoms with van der Waals surface area (Å²) in [6.07, 6.45) is 0. The predicted molar refractivity (Wildman–Crippen MR) is 45.1 cm³/mol. The van der Waals surface area contributed by atoms with E-state index in [9.17, 15) is 0 Å². The van der Waals surface area contributed by atoms with E-state index in [2.05, 4.69) is 0 Å². The van der Waals surface area contributed by atoms with Crippen molar-refractivity contribution in [1.29, 1.82) is 0 Å². The fraction of sp³-hybridized carbons (Fsp3) is 1.00. The van der Waals surface area contributed by atoms with Gasteiger partial charge in [-0.15, -0.1) is 12.4 Å². The summed E-state index contributed by atoms with van der Waals surface area (Å²) in [6.45, 7) is 0. The quantitative estimate of drug-likeness (QED) is 0.376. The second-order valence-electron chi connectivity index (χ2n) is 0. The molecular formula is CH19ClMgO7. The molecule has 9 heteroatoms. The molecule has 0 rings (SSSR count). The molecule has 0 aromatic heterocycles. The molecule has 0 unspecified atom stereocenters. The third-order valence-electron chi connectivity index (χ3n) is 0. The van der Waals surface area contributed by atoms with Gasteiger partial charge in [0.15, 0.2) is 0 Å². The summed E-state index contributed by atoms with van der Waals surface area (Å²) in [6, 6.07) is 0. The summed E-state index contributed by atoms with van der Waals surface area (Å²) in [5.74, 6) is 0. The van der Waals surface area contributed by atoms with Gasteiger partial charge in [0.2, 0.25) is 0 Å². The Morgan fingerprint density at radius 1 is 0.700 bits per heavy atom. The standard InChI is InChI=1S/CH4O.ClH.Mg.6H2O.2H/c1-2;;;;;;;;;;/h2H,1H3;1H;;6*1H2;;/q;;+2;;;;;;;2*-1. The first-order chi connectivity index (χ1) is 1.00. The Labute approximate surface area is 83.8 Å². The Kier molecular flexibility index (Phi) is 40800. The molecule has 0 heterocycles. The van der Waals surface area contributed by atoms with Gasteiger partial charge in [-0.05, 0) is 0 Å². The van der Waals surface area contributed by atoms with Crippen LogP contribution in [-0.4, -0.2) is 68.1 Å². The van der Waals surface area contributed by atoms with Crippen molar-refractivity contribution in [3.05, 3.63) is 0 Å². The van der Waals surface area contributed by atoms with Gasteiger partial charge in [0.1, 0.15) is 0 Å². The maximum Gasteiger partial charge on any atom is 2.00 e. The molecule has 0 aliphatic carbocycles. The van der Waals surface area contributed by atoms with Gasteiger partial charge < -0.3 is 40.8 Å². The molecule has 0 saturated heterocycles. The first kappa shape index (κ1) is 326. The van der Waals surface area contributed by atoms with Gasteiger partial charge in [-0.1, -0.05) is 0 Å². The zero-order chi connectivity index (χ0) is 2.00. The average molecular weight is 203 g/mol. The smallest absolute Gasteiger partial charge is 1.00 e. The van der Waals surface area contributed by atoms with Crippen molar-refractivity contribution in [3.8, 4) is 0 Å². The molecule has 0 atom stereocenters.